The molecule has 1 aromatic rings. The zero-order valence-corrected chi connectivity index (χ0v) is 10.9. The van der Waals surface area contributed by atoms with E-state index in [0.717, 1.165) is 38.2 Å². The van der Waals surface area contributed by atoms with Gasteiger partial charge in [0.25, 0.3) is 0 Å². The van der Waals surface area contributed by atoms with Crippen molar-refractivity contribution in [3.8, 4) is 0 Å². The summed E-state index contributed by atoms with van der Waals surface area (Å²) in [6.07, 6.45) is 4.20. The molecule has 1 aliphatic rings. The quantitative estimate of drug-likeness (QED) is 0.870. The Morgan fingerprint density at radius 1 is 1.56 bits per heavy atom. The number of rotatable bonds is 4. The van der Waals surface area contributed by atoms with Gasteiger partial charge in [0.1, 0.15) is 0 Å². The van der Waals surface area contributed by atoms with E-state index in [9.17, 15) is 4.79 Å². The fraction of sp³-hybridized carbons (Fsp3) is 0.571. The zero-order valence-electron chi connectivity index (χ0n) is 10.9. The van der Waals surface area contributed by atoms with Gasteiger partial charge in [0.05, 0.1) is 0 Å². The molecule has 1 amide bonds. The van der Waals surface area contributed by atoms with Crippen molar-refractivity contribution in [3.63, 3.8) is 0 Å². The van der Waals surface area contributed by atoms with E-state index in [-0.39, 0.29) is 5.91 Å². The number of hydrogen-bond donors (Lipinski definition) is 1. The molecule has 0 spiro atoms. The Kier molecular flexibility index (Phi) is 4.70. The van der Waals surface area contributed by atoms with Gasteiger partial charge >= 0.3 is 0 Å². The lowest BCUT2D eigenvalue weighted by atomic mass is 10.1. The van der Waals surface area contributed by atoms with Crippen LogP contribution in [0.2, 0.25) is 0 Å². The molecule has 98 valence electrons. The zero-order chi connectivity index (χ0) is 12.8. The van der Waals surface area contributed by atoms with Crippen LogP contribution in [0, 0.1) is 0 Å². The van der Waals surface area contributed by atoms with Crippen LogP contribution in [-0.4, -0.2) is 41.5 Å². The first kappa shape index (κ1) is 13.0. The van der Waals surface area contributed by atoms with Gasteiger partial charge in [-0.3, -0.25) is 9.78 Å². The Morgan fingerprint density at radius 2 is 2.44 bits per heavy atom. The number of amides is 1. The maximum absolute atomic E-state index is 12.0. The van der Waals surface area contributed by atoms with Gasteiger partial charge in [-0.1, -0.05) is 6.07 Å². The van der Waals surface area contributed by atoms with Gasteiger partial charge in [0.2, 0.25) is 5.91 Å². The molecule has 1 saturated heterocycles. The minimum Gasteiger partial charge on any atom is -0.340 e. The lowest BCUT2D eigenvalue weighted by Gasteiger charge is -2.32. The van der Waals surface area contributed by atoms with Gasteiger partial charge in [-0.25, -0.2) is 0 Å². The molecule has 1 aliphatic heterocycles. The molecule has 1 fully saturated rings. The Hall–Kier alpha value is -1.42. The number of nitrogens with one attached hydrogen (secondary N) is 1. The van der Waals surface area contributed by atoms with E-state index >= 15 is 0 Å². The molecule has 0 saturated carbocycles. The minimum absolute atomic E-state index is 0.277. The maximum atomic E-state index is 12.0. The molecule has 4 nitrogen and oxygen atoms in total. The molecule has 0 radical (unpaired) electrons. The number of aryl methyl sites for hydroxylation is 1. The first-order valence-electron chi connectivity index (χ1n) is 6.67. The third-order valence-corrected chi connectivity index (χ3v) is 3.27. The standard InChI is InChI=1S/C14H21N3O/c1-12-11-17(10-9-15-12)14(18)7-4-6-13-5-2-3-8-16-13/h2-3,5,8,12,15H,4,6-7,9-11H2,1H3. The number of carbonyl (C=O) groups excluding carboxylic acids is 1. The summed E-state index contributed by atoms with van der Waals surface area (Å²) in [6, 6.07) is 6.33. The summed E-state index contributed by atoms with van der Waals surface area (Å²) in [5, 5.41) is 3.34. The van der Waals surface area contributed by atoms with Gasteiger partial charge in [-0.15, -0.1) is 0 Å². The SMILES string of the molecule is CC1CN(C(=O)CCCc2ccccn2)CCN1. The fourth-order valence-electron chi connectivity index (χ4n) is 2.28. The first-order chi connectivity index (χ1) is 8.75. The molecule has 0 aromatic carbocycles. The second-order valence-corrected chi connectivity index (χ2v) is 4.87. The highest BCUT2D eigenvalue weighted by Gasteiger charge is 2.19. The van der Waals surface area contributed by atoms with E-state index in [4.69, 9.17) is 0 Å². The molecule has 1 unspecified atom stereocenters. The molecular weight excluding hydrogens is 226 g/mol. The minimum atomic E-state index is 0.277. The van der Waals surface area contributed by atoms with Crippen LogP contribution in [0.15, 0.2) is 24.4 Å². The largest absolute Gasteiger partial charge is 0.340 e. The summed E-state index contributed by atoms with van der Waals surface area (Å²) in [7, 11) is 0. The van der Waals surface area contributed by atoms with Crippen LogP contribution in [0.3, 0.4) is 0 Å². The number of nitrogens with zero attached hydrogens (tertiary/aromatic N) is 2. The molecule has 0 aliphatic carbocycles. The van der Waals surface area contributed by atoms with Crippen molar-refractivity contribution < 1.29 is 4.79 Å². The van der Waals surface area contributed by atoms with E-state index in [1.165, 1.54) is 0 Å². The normalized spacial score (nSPS) is 19.8. The first-order valence-corrected chi connectivity index (χ1v) is 6.67. The molecule has 2 rings (SSSR count). The highest BCUT2D eigenvalue weighted by atomic mass is 16.2. The fourth-order valence-corrected chi connectivity index (χ4v) is 2.28. The van der Waals surface area contributed by atoms with Crippen molar-refractivity contribution in [2.75, 3.05) is 19.6 Å². The molecule has 4 heteroatoms. The van der Waals surface area contributed by atoms with Crippen molar-refractivity contribution in [2.45, 2.75) is 32.2 Å². The Bertz CT molecular complexity index is 380. The van der Waals surface area contributed by atoms with Crippen LogP contribution in [-0.2, 0) is 11.2 Å². The predicted molar refractivity (Wildman–Crippen MR) is 71.2 cm³/mol. The third kappa shape index (κ3) is 3.81. The third-order valence-electron chi connectivity index (χ3n) is 3.27. The van der Waals surface area contributed by atoms with E-state index in [0.29, 0.717) is 12.5 Å². The highest BCUT2D eigenvalue weighted by Crippen LogP contribution is 2.06. The molecule has 1 atom stereocenters. The Morgan fingerprint density at radius 3 is 3.17 bits per heavy atom. The van der Waals surface area contributed by atoms with Crippen molar-refractivity contribution in [1.29, 1.82) is 0 Å². The summed E-state index contributed by atoms with van der Waals surface area (Å²) in [4.78, 5) is 18.2. The van der Waals surface area contributed by atoms with Gasteiger partial charge in [0, 0.05) is 44.0 Å². The predicted octanol–water partition coefficient (Wildman–Crippen LogP) is 1.22. The second-order valence-electron chi connectivity index (χ2n) is 4.87. The monoisotopic (exact) mass is 247 g/mol. The molecule has 2 heterocycles. The van der Waals surface area contributed by atoms with Crippen LogP contribution in [0.25, 0.3) is 0 Å². The van der Waals surface area contributed by atoms with Crippen molar-refractivity contribution in [3.05, 3.63) is 30.1 Å². The lowest BCUT2D eigenvalue weighted by molar-refractivity contribution is -0.132. The van der Waals surface area contributed by atoms with E-state index in [1.807, 2.05) is 23.1 Å². The van der Waals surface area contributed by atoms with Crippen LogP contribution in [0.5, 0.6) is 0 Å². The maximum Gasteiger partial charge on any atom is 0.222 e. The molecule has 18 heavy (non-hydrogen) atoms. The van der Waals surface area contributed by atoms with Crippen LogP contribution < -0.4 is 5.32 Å². The summed E-state index contributed by atoms with van der Waals surface area (Å²) >= 11 is 0. The van der Waals surface area contributed by atoms with Crippen LogP contribution in [0.4, 0.5) is 0 Å². The van der Waals surface area contributed by atoms with Crippen LogP contribution >= 0.6 is 0 Å². The molecule has 1 aromatic heterocycles. The molecular formula is C14H21N3O. The summed E-state index contributed by atoms with van der Waals surface area (Å²) in [6.45, 7) is 4.70. The van der Waals surface area contributed by atoms with Crippen molar-refractivity contribution >= 4 is 5.91 Å². The van der Waals surface area contributed by atoms with E-state index in [1.54, 1.807) is 6.20 Å². The Labute approximate surface area is 108 Å². The number of pyridine rings is 1. The topological polar surface area (TPSA) is 45.2 Å². The number of hydrogen-bond acceptors (Lipinski definition) is 3. The number of aromatic nitrogens is 1. The smallest absolute Gasteiger partial charge is 0.222 e. The summed E-state index contributed by atoms with van der Waals surface area (Å²) in [5.74, 6) is 0.277. The summed E-state index contributed by atoms with van der Waals surface area (Å²) < 4.78 is 0. The van der Waals surface area contributed by atoms with Gasteiger partial charge < -0.3 is 10.2 Å². The van der Waals surface area contributed by atoms with Gasteiger partial charge in [-0.05, 0) is 31.9 Å². The van der Waals surface area contributed by atoms with Crippen molar-refractivity contribution in [2.24, 2.45) is 0 Å². The Balaban J connectivity index is 1.71. The van der Waals surface area contributed by atoms with E-state index < -0.39 is 0 Å². The second kappa shape index (κ2) is 6.50. The number of piperazine rings is 1. The van der Waals surface area contributed by atoms with Gasteiger partial charge in [-0.2, -0.15) is 0 Å². The average molecular weight is 247 g/mol. The molecule has 1 N–H and O–H groups in total. The number of carbonyl (C=O) groups is 1. The summed E-state index contributed by atoms with van der Waals surface area (Å²) in [5.41, 5.74) is 1.07. The van der Waals surface area contributed by atoms with E-state index in [2.05, 4.69) is 17.2 Å². The lowest BCUT2D eigenvalue weighted by Crippen LogP contribution is -2.51. The van der Waals surface area contributed by atoms with Gasteiger partial charge in [0.15, 0.2) is 0 Å². The molecule has 0 bridgehead atoms. The van der Waals surface area contributed by atoms with Crippen LogP contribution in [0.1, 0.15) is 25.5 Å². The highest BCUT2D eigenvalue weighted by molar-refractivity contribution is 5.76. The van der Waals surface area contributed by atoms with Crippen molar-refractivity contribution in [1.82, 2.24) is 15.2 Å². The average Bonchev–Trinajstić information content (AvgIpc) is 2.40.